The van der Waals surface area contributed by atoms with Crippen molar-refractivity contribution < 1.29 is 13.2 Å². The van der Waals surface area contributed by atoms with Gasteiger partial charge in [-0.1, -0.05) is 6.92 Å². The highest BCUT2D eigenvalue weighted by Crippen LogP contribution is 2.26. The average Bonchev–Trinajstić information content (AvgIpc) is 3.37. The zero-order valence-electron chi connectivity index (χ0n) is 18.2. The number of nitrogens with zero attached hydrogens (tertiary/aromatic N) is 4. The maximum atomic E-state index is 12.5. The lowest BCUT2D eigenvalue weighted by Gasteiger charge is -2.08. The van der Waals surface area contributed by atoms with Crippen LogP contribution in [0.4, 0.5) is 5.69 Å². The van der Waals surface area contributed by atoms with Crippen LogP contribution in [-0.2, 0) is 16.4 Å². The van der Waals surface area contributed by atoms with Crippen LogP contribution >= 0.6 is 11.3 Å². The molecule has 0 radical (unpaired) electrons. The molecule has 3 heterocycles. The number of ether oxygens (including phenoxy) is 1. The second-order valence-electron chi connectivity index (χ2n) is 7.24. The molecule has 32 heavy (non-hydrogen) atoms. The smallest absolute Gasteiger partial charge is 0.271 e. The van der Waals surface area contributed by atoms with Gasteiger partial charge in [0, 0.05) is 22.3 Å². The number of aryl methyl sites for hydroxylation is 2. The van der Waals surface area contributed by atoms with E-state index in [1.54, 1.807) is 47.1 Å². The Hall–Kier alpha value is -3.24. The fourth-order valence-electron chi connectivity index (χ4n) is 3.03. The van der Waals surface area contributed by atoms with Crippen molar-refractivity contribution in [2.45, 2.75) is 38.3 Å². The zero-order chi connectivity index (χ0) is 22.9. The minimum Gasteiger partial charge on any atom is -0.438 e. The average molecular weight is 470 g/mol. The maximum absolute atomic E-state index is 12.5. The molecule has 0 aliphatic heterocycles. The van der Waals surface area contributed by atoms with Gasteiger partial charge in [-0.15, -0.1) is 21.5 Å². The van der Waals surface area contributed by atoms with Crippen LogP contribution in [0.3, 0.4) is 0 Å². The molecule has 0 saturated carbocycles. The summed E-state index contributed by atoms with van der Waals surface area (Å²) in [6, 6.07) is 13.6. The van der Waals surface area contributed by atoms with Crippen molar-refractivity contribution in [3.8, 4) is 17.4 Å². The van der Waals surface area contributed by atoms with Crippen LogP contribution in [-0.4, -0.2) is 28.4 Å². The molecule has 0 aliphatic rings. The number of rotatable bonds is 7. The van der Waals surface area contributed by atoms with E-state index in [1.807, 2.05) is 33.8 Å². The van der Waals surface area contributed by atoms with Gasteiger partial charge in [0.1, 0.15) is 9.96 Å². The van der Waals surface area contributed by atoms with Crippen LogP contribution in [0.2, 0.25) is 0 Å². The standard InChI is InChI=1S/C22H23N5O3S2/c1-5-19-10-13-22(31-19)32(28,29)26-17-6-8-18(9-7-17)30-21-12-11-20(23-24-21)27-16(4)14(2)15(3)25-27/h6-13,26H,5H2,1-4H3. The fourth-order valence-corrected chi connectivity index (χ4v) is 5.39. The van der Waals surface area contributed by atoms with E-state index >= 15 is 0 Å². The van der Waals surface area contributed by atoms with Gasteiger partial charge in [-0.2, -0.15) is 5.10 Å². The first-order valence-corrected chi connectivity index (χ1v) is 12.3. The Bertz CT molecular complexity index is 1340. The molecule has 0 spiro atoms. The molecule has 0 aliphatic carbocycles. The number of nitrogens with one attached hydrogen (secondary N) is 1. The quantitative estimate of drug-likeness (QED) is 0.417. The molecule has 4 aromatic rings. The lowest BCUT2D eigenvalue weighted by Crippen LogP contribution is -2.11. The normalized spacial score (nSPS) is 11.5. The predicted octanol–water partition coefficient (Wildman–Crippen LogP) is 4.80. The molecule has 1 aromatic carbocycles. The summed E-state index contributed by atoms with van der Waals surface area (Å²) in [5.74, 6) is 1.45. The van der Waals surface area contributed by atoms with E-state index in [-0.39, 0.29) is 0 Å². The summed E-state index contributed by atoms with van der Waals surface area (Å²) >= 11 is 1.27. The third-order valence-electron chi connectivity index (χ3n) is 5.08. The van der Waals surface area contributed by atoms with Crippen LogP contribution in [0, 0.1) is 20.8 Å². The molecular weight excluding hydrogens is 446 g/mol. The Morgan fingerprint density at radius 3 is 2.31 bits per heavy atom. The maximum Gasteiger partial charge on any atom is 0.271 e. The second kappa shape index (κ2) is 8.71. The third kappa shape index (κ3) is 4.51. The summed E-state index contributed by atoms with van der Waals surface area (Å²) < 4.78 is 35.5. The van der Waals surface area contributed by atoms with E-state index in [9.17, 15) is 8.42 Å². The van der Waals surface area contributed by atoms with Gasteiger partial charge in [0.2, 0.25) is 5.88 Å². The number of hydrogen-bond acceptors (Lipinski definition) is 7. The molecule has 10 heteroatoms. The summed E-state index contributed by atoms with van der Waals surface area (Å²) in [7, 11) is -3.61. The van der Waals surface area contributed by atoms with Gasteiger partial charge in [0.25, 0.3) is 10.0 Å². The molecule has 0 saturated heterocycles. The SMILES string of the molecule is CCc1ccc(S(=O)(=O)Nc2ccc(Oc3ccc(-n4nc(C)c(C)c4C)nn3)cc2)s1. The van der Waals surface area contributed by atoms with Crippen molar-refractivity contribution in [2.24, 2.45) is 0 Å². The van der Waals surface area contributed by atoms with Crippen molar-refractivity contribution in [3.05, 3.63) is 70.4 Å². The first-order valence-electron chi connectivity index (χ1n) is 10.0. The Morgan fingerprint density at radius 1 is 1.00 bits per heavy atom. The third-order valence-corrected chi connectivity index (χ3v) is 8.18. The van der Waals surface area contributed by atoms with Gasteiger partial charge in [-0.25, -0.2) is 13.1 Å². The van der Waals surface area contributed by atoms with Crippen LogP contribution in [0.25, 0.3) is 5.82 Å². The van der Waals surface area contributed by atoms with Gasteiger partial charge in [0.05, 0.1) is 5.69 Å². The molecule has 8 nitrogen and oxygen atoms in total. The first-order chi connectivity index (χ1) is 15.3. The Kier molecular flexibility index (Phi) is 5.98. The van der Waals surface area contributed by atoms with Crippen molar-refractivity contribution in [1.29, 1.82) is 0 Å². The number of sulfonamides is 1. The minimum absolute atomic E-state index is 0.294. The number of hydrogen-bond donors (Lipinski definition) is 1. The van der Waals surface area contributed by atoms with E-state index in [4.69, 9.17) is 4.74 Å². The number of anilines is 1. The largest absolute Gasteiger partial charge is 0.438 e. The molecular formula is C22H23N5O3S2. The van der Waals surface area contributed by atoms with E-state index in [2.05, 4.69) is 20.0 Å². The highest BCUT2D eigenvalue weighted by molar-refractivity contribution is 7.94. The fraction of sp³-hybridized carbons (Fsp3) is 0.227. The van der Waals surface area contributed by atoms with E-state index < -0.39 is 10.0 Å². The molecule has 0 fully saturated rings. The van der Waals surface area contributed by atoms with Gasteiger partial charge < -0.3 is 4.74 Å². The number of thiophene rings is 1. The highest BCUT2D eigenvalue weighted by atomic mass is 32.2. The number of benzene rings is 1. The Balaban J connectivity index is 1.44. The molecule has 166 valence electrons. The molecule has 4 rings (SSSR count). The van der Waals surface area contributed by atoms with Gasteiger partial charge >= 0.3 is 0 Å². The van der Waals surface area contributed by atoms with E-state index in [0.717, 1.165) is 28.2 Å². The molecule has 0 atom stereocenters. The molecule has 1 N–H and O–H groups in total. The molecule has 0 unspecified atom stereocenters. The van der Waals surface area contributed by atoms with Gasteiger partial charge in [-0.05, 0) is 75.2 Å². The van der Waals surface area contributed by atoms with E-state index in [1.165, 1.54) is 11.3 Å². The Morgan fingerprint density at radius 2 is 1.75 bits per heavy atom. The summed E-state index contributed by atoms with van der Waals surface area (Å²) in [6.45, 7) is 7.95. The van der Waals surface area contributed by atoms with Crippen molar-refractivity contribution >= 4 is 27.0 Å². The lowest BCUT2D eigenvalue weighted by atomic mass is 10.2. The molecule has 0 bridgehead atoms. The van der Waals surface area contributed by atoms with Crippen molar-refractivity contribution in [1.82, 2.24) is 20.0 Å². The highest BCUT2D eigenvalue weighted by Gasteiger charge is 2.17. The monoisotopic (exact) mass is 469 g/mol. The van der Waals surface area contributed by atoms with Crippen molar-refractivity contribution in [3.63, 3.8) is 0 Å². The van der Waals surface area contributed by atoms with Crippen LogP contribution in [0.1, 0.15) is 28.8 Å². The predicted molar refractivity (Wildman–Crippen MR) is 124 cm³/mol. The van der Waals surface area contributed by atoms with Gasteiger partial charge in [0.15, 0.2) is 5.82 Å². The van der Waals surface area contributed by atoms with E-state index in [0.29, 0.717) is 27.3 Å². The molecule has 3 aromatic heterocycles. The van der Waals surface area contributed by atoms with Crippen LogP contribution in [0.15, 0.2) is 52.7 Å². The second-order valence-corrected chi connectivity index (χ2v) is 10.3. The summed E-state index contributed by atoms with van der Waals surface area (Å²) in [6.07, 6.45) is 0.803. The Labute approximate surface area is 191 Å². The number of aromatic nitrogens is 4. The lowest BCUT2D eigenvalue weighted by molar-refractivity contribution is 0.454. The van der Waals surface area contributed by atoms with Crippen LogP contribution < -0.4 is 9.46 Å². The summed E-state index contributed by atoms with van der Waals surface area (Å²) in [5.41, 5.74) is 3.53. The zero-order valence-corrected chi connectivity index (χ0v) is 19.8. The summed E-state index contributed by atoms with van der Waals surface area (Å²) in [4.78, 5) is 1.02. The van der Waals surface area contributed by atoms with Crippen molar-refractivity contribution in [2.75, 3.05) is 4.72 Å². The molecule has 0 amide bonds. The topological polar surface area (TPSA) is 99.0 Å². The first kappa shape index (κ1) is 22.0. The minimum atomic E-state index is -3.61. The van der Waals surface area contributed by atoms with Gasteiger partial charge in [-0.3, -0.25) is 4.72 Å². The summed E-state index contributed by atoms with van der Waals surface area (Å²) in [5, 5.41) is 12.8. The van der Waals surface area contributed by atoms with Crippen LogP contribution in [0.5, 0.6) is 11.6 Å².